The van der Waals surface area contributed by atoms with E-state index in [0.717, 1.165) is 42.1 Å². The van der Waals surface area contributed by atoms with Gasteiger partial charge in [-0.1, -0.05) is 17.7 Å². The first-order valence-corrected chi connectivity index (χ1v) is 12.1. The Morgan fingerprint density at radius 2 is 1.78 bits per heavy atom. The number of alkyl halides is 3. The van der Waals surface area contributed by atoms with Gasteiger partial charge in [-0.15, -0.1) is 5.10 Å². The summed E-state index contributed by atoms with van der Waals surface area (Å²) in [5.74, 6) is 1.18. The number of H-pyrrole nitrogens is 1. The number of benzene rings is 2. The van der Waals surface area contributed by atoms with E-state index in [-0.39, 0.29) is 6.10 Å². The predicted molar refractivity (Wildman–Crippen MR) is 133 cm³/mol. The summed E-state index contributed by atoms with van der Waals surface area (Å²) in [6.45, 7) is 0. The number of pyridine rings is 1. The van der Waals surface area contributed by atoms with E-state index in [4.69, 9.17) is 16.3 Å². The fraction of sp³-hybridized carbons (Fsp3) is 0.231. The van der Waals surface area contributed by atoms with E-state index in [1.54, 1.807) is 12.1 Å². The third-order valence-corrected chi connectivity index (χ3v) is 6.94. The Bertz CT molecular complexity index is 1540. The van der Waals surface area contributed by atoms with Crippen molar-refractivity contribution in [3.8, 4) is 34.2 Å². The van der Waals surface area contributed by atoms with Gasteiger partial charge in [0.1, 0.15) is 11.4 Å². The van der Waals surface area contributed by atoms with Crippen molar-refractivity contribution in [2.75, 3.05) is 0 Å². The molecule has 1 fully saturated rings. The summed E-state index contributed by atoms with van der Waals surface area (Å²) < 4.78 is 46.9. The minimum absolute atomic E-state index is 0.251. The Balaban J connectivity index is 1.43. The second kappa shape index (κ2) is 9.19. The molecule has 3 heterocycles. The van der Waals surface area contributed by atoms with Gasteiger partial charge in [-0.2, -0.15) is 13.2 Å². The number of nitrogens with zero attached hydrogens (tertiary/aromatic N) is 5. The number of ether oxygens (including phenoxy) is 1. The van der Waals surface area contributed by atoms with E-state index in [1.165, 1.54) is 18.9 Å². The van der Waals surface area contributed by atoms with Gasteiger partial charge in [-0.3, -0.25) is 4.98 Å². The number of halogens is 4. The molecule has 1 saturated carbocycles. The van der Waals surface area contributed by atoms with Crippen LogP contribution in [-0.4, -0.2) is 36.3 Å². The molecule has 0 spiro atoms. The van der Waals surface area contributed by atoms with Gasteiger partial charge in [0.15, 0.2) is 5.82 Å². The lowest BCUT2D eigenvalue weighted by atomic mass is 10.1. The molecule has 1 N–H and O–H groups in total. The van der Waals surface area contributed by atoms with E-state index in [9.17, 15) is 13.2 Å². The molecule has 0 amide bonds. The summed E-state index contributed by atoms with van der Waals surface area (Å²) in [5.41, 5.74) is 2.38. The van der Waals surface area contributed by atoms with Crippen LogP contribution >= 0.6 is 11.6 Å². The Labute approximate surface area is 214 Å². The predicted octanol–water partition coefficient (Wildman–Crippen LogP) is 6.87. The molecule has 0 unspecified atom stereocenters. The smallest absolute Gasteiger partial charge is 0.417 e. The number of aromatic amines is 1. The molecular formula is C26H20ClF3N6O. The zero-order valence-corrected chi connectivity index (χ0v) is 20.1. The van der Waals surface area contributed by atoms with E-state index in [0.29, 0.717) is 33.2 Å². The maximum atomic E-state index is 13.0. The normalized spacial score (nSPS) is 14.5. The van der Waals surface area contributed by atoms with Gasteiger partial charge in [0, 0.05) is 22.8 Å². The van der Waals surface area contributed by atoms with E-state index >= 15 is 0 Å². The molecule has 0 radical (unpaired) electrons. The highest BCUT2D eigenvalue weighted by Crippen LogP contribution is 2.40. The minimum Gasteiger partial charge on any atom is -0.490 e. The summed E-state index contributed by atoms with van der Waals surface area (Å²) in [6, 6.07) is 15.6. The lowest BCUT2D eigenvalue weighted by Crippen LogP contribution is -2.10. The first-order valence-electron chi connectivity index (χ1n) is 11.8. The average Bonchev–Trinajstić information content (AvgIpc) is 3.66. The number of rotatable bonds is 5. The molecule has 0 atom stereocenters. The second-order valence-electron chi connectivity index (χ2n) is 8.93. The topological polar surface area (TPSA) is 81.5 Å². The Hall–Kier alpha value is -3.92. The molecule has 6 rings (SSSR count). The van der Waals surface area contributed by atoms with Crippen LogP contribution in [0.15, 0.2) is 60.8 Å². The molecule has 0 saturated heterocycles. The zero-order chi connectivity index (χ0) is 25.6. The van der Waals surface area contributed by atoms with Crippen molar-refractivity contribution in [2.24, 2.45) is 0 Å². The standard InChI is InChI=1S/C26H20ClF3N6O/c27-23-20-13-15(21-11-6-16(14-31-21)26(28,29)30)5-12-22(20)36(24(23)25-32-34-35-33-25)17-7-9-19(10-8-17)37-18-3-1-2-4-18/h5-14,18H,1-4H2,(H,32,33,34,35). The molecule has 1 aliphatic rings. The van der Waals surface area contributed by atoms with Crippen molar-refractivity contribution >= 4 is 22.5 Å². The van der Waals surface area contributed by atoms with Gasteiger partial charge in [-0.05, 0) is 84.6 Å². The summed E-state index contributed by atoms with van der Waals surface area (Å²) in [7, 11) is 0. The highest BCUT2D eigenvalue weighted by Gasteiger charge is 2.30. The van der Waals surface area contributed by atoms with Crippen LogP contribution < -0.4 is 4.74 Å². The third kappa shape index (κ3) is 4.42. The van der Waals surface area contributed by atoms with Gasteiger partial charge in [-0.25, -0.2) is 5.10 Å². The molecule has 11 heteroatoms. The van der Waals surface area contributed by atoms with Gasteiger partial charge in [0.05, 0.1) is 27.9 Å². The first kappa shape index (κ1) is 23.5. The first-order chi connectivity index (χ1) is 17.9. The molecule has 3 aromatic heterocycles. The summed E-state index contributed by atoms with van der Waals surface area (Å²) >= 11 is 6.86. The van der Waals surface area contributed by atoms with Gasteiger partial charge in [0.2, 0.25) is 0 Å². The SMILES string of the molecule is FC(F)(F)c1ccc(-c2ccc3c(c2)c(Cl)c(-c2nnn[nH]2)n3-c2ccc(OC3CCCC3)cc2)nc1. The van der Waals surface area contributed by atoms with Crippen molar-refractivity contribution in [3.63, 3.8) is 0 Å². The fourth-order valence-electron chi connectivity index (χ4n) is 4.75. The van der Waals surface area contributed by atoms with E-state index < -0.39 is 11.7 Å². The molecule has 37 heavy (non-hydrogen) atoms. The van der Waals surface area contributed by atoms with Crippen LogP contribution in [0, 0.1) is 0 Å². The molecular weight excluding hydrogens is 505 g/mol. The van der Waals surface area contributed by atoms with Crippen LogP contribution in [-0.2, 0) is 6.18 Å². The van der Waals surface area contributed by atoms with Crippen LogP contribution in [0.2, 0.25) is 5.02 Å². The lowest BCUT2D eigenvalue weighted by molar-refractivity contribution is -0.137. The zero-order valence-electron chi connectivity index (χ0n) is 19.3. The van der Waals surface area contributed by atoms with Crippen LogP contribution in [0.4, 0.5) is 13.2 Å². The largest absolute Gasteiger partial charge is 0.490 e. The number of aromatic nitrogens is 6. The maximum Gasteiger partial charge on any atom is 0.417 e. The van der Waals surface area contributed by atoms with E-state index in [2.05, 4.69) is 25.6 Å². The van der Waals surface area contributed by atoms with Crippen molar-refractivity contribution in [2.45, 2.75) is 38.0 Å². The van der Waals surface area contributed by atoms with Crippen LogP contribution in [0.3, 0.4) is 0 Å². The number of tetrazole rings is 1. The number of hydrogen-bond acceptors (Lipinski definition) is 5. The van der Waals surface area contributed by atoms with Crippen LogP contribution in [0.25, 0.3) is 39.4 Å². The number of nitrogens with one attached hydrogen (secondary N) is 1. The molecule has 0 aliphatic heterocycles. The van der Waals surface area contributed by atoms with Gasteiger partial charge >= 0.3 is 6.18 Å². The molecule has 1 aliphatic carbocycles. The fourth-order valence-corrected chi connectivity index (χ4v) is 5.08. The molecule has 0 bridgehead atoms. The molecule has 5 aromatic rings. The number of fused-ring (bicyclic) bond motifs is 1. The number of hydrogen-bond donors (Lipinski definition) is 1. The minimum atomic E-state index is -4.45. The molecule has 188 valence electrons. The highest BCUT2D eigenvalue weighted by atomic mass is 35.5. The quantitative estimate of drug-likeness (QED) is 0.271. The van der Waals surface area contributed by atoms with Crippen molar-refractivity contribution in [1.82, 2.24) is 30.2 Å². The third-order valence-electron chi connectivity index (χ3n) is 6.56. The van der Waals surface area contributed by atoms with Crippen LogP contribution in [0.1, 0.15) is 31.2 Å². The summed E-state index contributed by atoms with van der Waals surface area (Å²) in [5, 5.41) is 15.3. The molecule has 2 aromatic carbocycles. The summed E-state index contributed by atoms with van der Waals surface area (Å²) in [6.07, 6.45) is 1.14. The Morgan fingerprint density at radius 1 is 1.00 bits per heavy atom. The lowest BCUT2D eigenvalue weighted by Gasteiger charge is -2.14. The highest BCUT2D eigenvalue weighted by molar-refractivity contribution is 6.38. The van der Waals surface area contributed by atoms with Gasteiger partial charge < -0.3 is 9.30 Å². The van der Waals surface area contributed by atoms with Crippen molar-refractivity contribution < 1.29 is 17.9 Å². The maximum absolute atomic E-state index is 13.0. The summed E-state index contributed by atoms with van der Waals surface area (Å²) in [4.78, 5) is 4.02. The Kier molecular flexibility index (Phi) is 5.83. The molecule has 7 nitrogen and oxygen atoms in total. The van der Waals surface area contributed by atoms with Crippen molar-refractivity contribution in [3.05, 3.63) is 71.4 Å². The van der Waals surface area contributed by atoms with Gasteiger partial charge in [0.25, 0.3) is 0 Å². The van der Waals surface area contributed by atoms with Crippen molar-refractivity contribution in [1.29, 1.82) is 0 Å². The average molecular weight is 525 g/mol. The van der Waals surface area contributed by atoms with E-state index in [1.807, 2.05) is 34.9 Å². The monoisotopic (exact) mass is 524 g/mol. The van der Waals surface area contributed by atoms with Crippen LogP contribution in [0.5, 0.6) is 5.75 Å². The Morgan fingerprint density at radius 3 is 2.43 bits per heavy atom. The second-order valence-corrected chi connectivity index (χ2v) is 9.31.